The fourth-order valence-corrected chi connectivity index (χ4v) is 2.18. The molecule has 6 heteroatoms. The molecule has 0 amide bonds. The zero-order valence-electron chi connectivity index (χ0n) is 13.5. The van der Waals surface area contributed by atoms with Crippen LogP contribution in [0, 0.1) is 6.92 Å². The molecule has 1 atom stereocenters. The summed E-state index contributed by atoms with van der Waals surface area (Å²) in [4.78, 5) is 4.12. The topological polar surface area (TPSA) is 55.4 Å². The Morgan fingerprint density at radius 2 is 1.96 bits per heavy atom. The minimum absolute atomic E-state index is 0.0718. The van der Waals surface area contributed by atoms with Gasteiger partial charge < -0.3 is 20.1 Å². The standard InChI is InChI=1S/C17H21N3O2S/c1-12-4-7-15(8-5-12)22-11-13(2)19-17(23)20-14-6-9-16(21-3)18-10-14/h4-10,13H,11H2,1-3H3,(H2,19,20,23)/t13-/m0/s1. The van der Waals surface area contributed by atoms with Gasteiger partial charge in [0.05, 0.1) is 25.0 Å². The van der Waals surface area contributed by atoms with Gasteiger partial charge in [0, 0.05) is 6.07 Å². The first-order chi connectivity index (χ1) is 11.1. The van der Waals surface area contributed by atoms with E-state index in [9.17, 15) is 0 Å². The number of aromatic nitrogens is 1. The van der Waals surface area contributed by atoms with Gasteiger partial charge in [0.15, 0.2) is 5.11 Å². The van der Waals surface area contributed by atoms with Gasteiger partial charge in [-0.15, -0.1) is 0 Å². The van der Waals surface area contributed by atoms with Crippen LogP contribution in [-0.4, -0.2) is 29.9 Å². The smallest absolute Gasteiger partial charge is 0.213 e. The summed E-state index contributed by atoms with van der Waals surface area (Å²) in [6.07, 6.45) is 1.67. The van der Waals surface area contributed by atoms with Crippen LogP contribution in [0.15, 0.2) is 42.6 Å². The zero-order chi connectivity index (χ0) is 16.7. The normalized spacial score (nSPS) is 11.4. The van der Waals surface area contributed by atoms with Crippen molar-refractivity contribution in [2.75, 3.05) is 19.0 Å². The SMILES string of the molecule is COc1ccc(NC(=S)N[C@@H](C)COc2ccc(C)cc2)cn1. The Kier molecular flexibility index (Phi) is 6.17. The van der Waals surface area contributed by atoms with E-state index in [4.69, 9.17) is 21.7 Å². The lowest BCUT2D eigenvalue weighted by Gasteiger charge is -2.17. The number of hydrogen-bond acceptors (Lipinski definition) is 4. The Morgan fingerprint density at radius 1 is 1.22 bits per heavy atom. The van der Waals surface area contributed by atoms with Gasteiger partial charge in [-0.25, -0.2) is 4.98 Å². The van der Waals surface area contributed by atoms with Crippen LogP contribution >= 0.6 is 12.2 Å². The molecule has 0 bridgehead atoms. The summed E-state index contributed by atoms with van der Waals surface area (Å²) in [6.45, 7) is 4.58. The number of ether oxygens (including phenoxy) is 2. The third-order valence-electron chi connectivity index (χ3n) is 3.10. The van der Waals surface area contributed by atoms with Crippen molar-refractivity contribution in [3.63, 3.8) is 0 Å². The summed E-state index contributed by atoms with van der Waals surface area (Å²) >= 11 is 5.28. The Hall–Kier alpha value is -2.34. The largest absolute Gasteiger partial charge is 0.491 e. The number of benzene rings is 1. The molecule has 0 aliphatic heterocycles. The summed E-state index contributed by atoms with van der Waals surface area (Å²) < 4.78 is 10.7. The van der Waals surface area contributed by atoms with Crippen molar-refractivity contribution in [1.29, 1.82) is 0 Å². The highest BCUT2D eigenvalue weighted by molar-refractivity contribution is 7.80. The molecule has 0 saturated heterocycles. The fourth-order valence-electron chi connectivity index (χ4n) is 1.86. The van der Waals surface area contributed by atoms with Gasteiger partial charge >= 0.3 is 0 Å². The first-order valence-electron chi connectivity index (χ1n) is 7.34. The third kappa shape index (κ3) is 5.75. The van der Waals surface area contributed by atoms with Crippen molar-refractivity contribution >= 4 is 23.0 Å². The van der Waals surface area contributed by atoms with E-state index in [1.54, 1.807) is 19.4 Å². The van der Waals surface area contributed by atoms with Gasteiger partial charge in [-0.3, -0.25) is 0 Å². The highest BCUT2D eigenvalue weighted by Crippen LogP contribution is 2.12. The Balaban J connectivity index is 1.76. The molecule has 23 heavy (non-hydrogen) atoms. The Labute approximate surface area is 142 Å². The van der Waals surface area contributed by atoms with Gasteiger partial charge in [-0.1, -0.05) is 17.7 Å². The van der Waals surface area contributed by atoms with Crippen molar-refractivity contribution < 1.29 is 9.47 Å². The van der Waals surface area contributed by atoms with E-state index < -0.39 is 0 Å². The quantitative estimate of drug-likeness (QED) is 0.793. The molecule has 1 heterocycles. The zero-order valence-corrected chi connectivity index (χ0v) is 14.3. The lowest BCUT2D eigenvalue weighted by Crippen LogP contribution is -2.39. The maximum atomic E-state index is 5.73. The average Bonchev–Trinajstić information content (AvgIpc) is 2.55. The summed E-state index contributed by atoms with van der Waals surface area (Å²) in [5, 5.41) is 6.78. The number of methoxy groups -OCH3 is 1. The molecule has 5 nitrogen and oxygen atoms in total. The second kappa shape index (κ2) is 8.33. The Bertz CT molecular complexity index is 629. The first kappa shape index (κ1) is 17.0. The Morgan fingerprint density at radius 3 is 2.57 bits per heavy atom. The molecule has 122 valence electrons. The maximum Gasteiger partial charge on any atom is 0.213 e. The van der Waals surface area contributed by atoms with E-state index in [2.05, 4.69) is 15.6 Å². The van der Waals surface area contributed by atoms with E-state index in [-0.39, 0.29) is 6.04 Å². The molecular formula is C17H21N3O2S. The molecule has 0 fully saturated rings. The number of rotatable bonds is 6. The molecular weight excluding hydrogens is 310 g/mol. The van der Waals surface area contributed by atoms with Crippen LogP contribution in [0.3, 0.4) is 0 Å². The van der Waals surface area contributed by atoms with Crippen LogP contribution in [0.1, 0.15) is 12.5 Å². The van der Waals surface area contributed by atoms with Crippen LogP contribution in [0.5, 0.6) is 11.6 Å². The maximum absolute atomic E-state index is 5.73. The van der Waals surface area contributed by atoms with Crippen LogP contribution in [0.4, 0.5) is 5.69 Å². The van der Waals surface area contributed by atoms with Gasteiger partial charge in [-0.2, -0.15) is 0 Å². The summed E-state index contributed by atoms with van der Waals surface area (Å²) in [5.74, 6) is 1.41. The minimum Gasteiger partial charge on any atom is -0.491 e. The van der Waals surface area contributed by atoms with Crippen molar-refractivity contribution in [2.24, 2.45) is 0 Å². The summed E-state index contributed by atoms with van der Waals surface area (Å²) in [6, 6.07) is 11.7. The van der Waals surface area contributed by atoms with Crippen LogP contribution in [0.25, 0.3) is 0 Å². The number of nitrogens with zero attached hydrogens (tertiary/aromatic N) is 1. The molecule has 0 spiro atoms. The molecule has 2 rings (SSSR count). The molecule has 0 radical (unpaired) electrons. The number of hydrogen-bond donors (Lipinski definition) is 2. The van der Waals surface area contributed by atoms with Crippen LogP contribution in [-0.2, 0) is 0 Å². The van der Waals surface area contributed by atoms with E-state index >= 15 is 0 Å². The van der Waals surface area contributed by atoms with Gasteiger partial charge in [-0.05, 0) is 44.3 Å². The van der Waals surface area contributed by atoms with Crippen molar-refractivity contribution in [1.82, 2.24) is 10.3 Å². The number of thiocarbonyl (C=S) groups is 1. The molecule has 1 aromatic carbocycles. The van der Waals surface area contributed by atoms with Gasteiger partial charge in [0.25, 0.3) is 0 Å². The van der Waals surface area contributed by atoms with Gasteiger partial charge in [0.2, 0.25) is 5.88 Å². The molecule has 2 aromatic rings. The first-order valence-corrected chi connectivity index (χ1v) is 7.74. The van der Waals surface area contributed by atoms with Crippen molar-refractivity contribution in [3.05, 3.63) is 48.2 Å². The average molecular weight is 331 g/mol. The minimum atomic E-state index is 0.0718. The molecule has 2 N–H and O–H groups in total. The predicted octanol–water partition coefficient (Wildman–Crippen LogP) is 3.15. The second-order valence-electron chi connectivity index (χ2n) is 5.21. The number of nitrogens with one attached hydrogen (secondary N) is 2. The van der Waals surface area contributed by atoms with Crippen molar-refractivity contribution in [3.8, 4) is 11.6 Å². The lowest BCUT2D eigenvalue weighted by molar-refractivity contribution is 0.287. The van der Waals surface area contributed by atoms with E-state index in [0.29, 0.717) is 17.6 Å². The molecule has 0 saturated carbocycles. The van der Waals surface area contributed by atoms with Crippen LogP contribution < -0.4 is 20.1 Å². The molecule has 0 aliphatic carbocycles. The monoisotopic (exact) mass is 331 g/mol. The molecule has 0 aliphatic rings. The number of pyridine rings is 1. The summed E-state index contributed by atoms with van der Waals surface area (Å²) in [7, 11) is 1.58. The van der Waals surface area contributed by atoms with E-state index in [1.807, 2.05) is 44.2 Å². The van der Waals surface area contributed by atoms with Gasteiger partial charge in [0.1, 0.15) is 12.4 Å². The number of anilines is 1. The highest BCUT2D eigenvalue weighted by atomic mass is 32.1. The van der Waals surface area contributed by atoms with Crippen molar-refractivity contribution in [2.45, 2.75) is 19.9 Å². The fraction of sp³-hybridized carbons (Fsp3) is 0.294. The molecule has 1 aromatic heterocycles. The predicted molar refractivity (Wildman–Crippen MR) is 96.3 cm³/mol. The molecule has 0 unspecified atom stereocenters. The highest BCUT2D eigenvalue weighted by Gasteiger charge is 2.06. The third-order valence-corrected chi connectivity index (χ3v) is 3.32. The second-order valence-corrected chi connectivity index (χ2v) is 5.62. The summed E-state index contributed by atoms with van der Waals surface area (Å²) in [5.41, 5.74) is 2.01. The van der Waals surface area contributed by atoms with E-state index in [1.165, 1.54) is 5.56 Å². The number of aryl methyl sites for hydroxylation is 1. The van der Waals surface area contributed by atoms with E-state index in [0.717, 1.165) is 11.4 Å². The lowest BCUT2D eigenvalue weighted by atomic mass is 10.2. The van der Waals surface area contributed by atoms with Crippen LogP contribution in [0.2, 0.25) is 0 Å².